The van der Waals surface area contributed by atoms with Gasteiger partial charge in [0.25, 0.3) is 0 Å². The summed E-state index contributed by atoms with van der Waals surface area (Å²) >= 11 is 3.15. The molecule has 0 aromatic heterocycles. The highest BCUT2D eigenvalue weighted by molar-refractivity contribution is 9.10. The minimum absolute atomic E-state index is 0.0346. The molecule has 7 heteroatoms. The lowest BCUT2D eigenvalue weighted by molar-refractivity contribution is -0.114. The number of rotatable bonds is 5. The van der Waals surface area contributed by atoms with Crippen LogP contribution in [0.4, 0.5) is 15.8 Å². The van der Waals surface area contributed by atoms with Crippen LogP contribution in [0.25, 0.3) is 0 Å². The Morgan fingerprint density at radius 1 is 1.17 bits per heavy atom. The predicted octanol–water partition coefficient (Wildman–Crippen LogP) is 3.43. The summed E-state index contributed by atoms with van der Waals surface area (Å²) in [5.41, 5.74) is 1.18. The number of ether oxygens (including phenoxy) is 1. The van der Waals surface area contributed by atoms with Crippen LogP contribution in [0.3, 0.4) is 0 Å². The smallest absolute Gasteiger partial charge is 0.337 e. The molecule has 5 nitrogen and oxygen atoms in total. The quantitative estimate of drug-likeness (QED) is 0.779. The van der Waals surface area contributed by atoms with Crippen molar-refractivity contribution in [1.82, 2.24) is 0 Å². The lowest BCUT2D eigenvalue weighted by atomic mass is 10.2. The third kappa shape index (κ3) is 4.79. The van der Waals surface area contributed by atoms with Crippen LogP contribution < -0.4 is 10.6 Å². The van der Waals surface area contributed by atoms with Crippen molar-refractivity contribution in [3.8, 4) is 0 Å². The minimum atomic E-state index is -0.518. The highest BCUT2D eigenvalue weighted by Gasteiger charge is 2.08. The number of carbonyl (C=O) groups excluding carboxylic acids is 2. The first-order chi connectivity index (χ1) is 11.0. The van der Waals surface area contributed by atoms with E-state index in [2.05, 4.69) is 31.3 Å². The molecule has 0 atom stereocenters. The van der Waals surface area contributed by atoms with E-state index in [9.17, 15) is 14.0 Å². The monoisotopic (exact) mass is 380 g/mol. The van der Waals surface area contributed by atoms with Crippen molar-refractivity contribution in [3.63, 3.8) is 0 Å². The van der Waals surface area contributed by atoms with Crippen molar-refractivity contribution in [3.05, 3.63) is 58.3 Å². The molecule has 2 rings (SSSR count). The Hall–Kier alpha value is -2.41. The van der Waals surface area contributed by atoms with Crippen LogP contribution in [0.5, 0.6) is 0 Å². The van der Waals surface area contributed by atoms with Gasteiger partial charge in [0.1, 0.15) is 5.82 Å². The van der Waals surface area contributed by atoms with Crippen LogP contribution in [0.2, 0.25) is 0 Å². The number of anilines is 2. The summed E-state index contributed by atoms with van der Waals surface area (Å²) in [6.45, 7) is -0.0346. The van der Waals surface area contributed by atoms with E-state index in [1.165, 1.54) is 19.2 Å². The van der Waals surface area contributed by atoms with Crippen molar-refractivity contribution < 1.29 is 18.7 Å². The normalized spacial score (nSPS) is 10.0. The topological polar surface area (TPSA) is 67.4 Å². The summed E-state index contributed by atoms with van der Waals surface area (Å²) in [6.07, 6.45) is 0. The molecule has 0 radical (unpaired) electrons. The van der Waals surface area contributed by atoms with Crippen molar-refractivity contribution in [1.29, 1.82) is 0 Å². The zero-order valence-electron chi connectivity index (χ0n) is 12.2. The largest absolute Gasteiger partial charge is 0.465 e. The van der Waals surface area contributed by atoms with Gasteiger partial charge in [0.15, 0.2) is 0 Å². The second-order valence-electron chi connectivity index (χ2n) is 4.59. The first-order valence-corrected chi connectivity index (χ1v) is 7.46. The average Bonchev–Trinajstić information content (AvgIpc) is 2.55. The molecular formula is C16H14BrFN2O3. The summed E-state index contributed by atoms with van der Waals surface area (Å²) in [5.74, 6) is -1.33. The Balaban J connectivity index is 1.90. The van der Waals surface area contributed by atoms with E-state index in [1.807, 2.05) is 0 Å². The lowest BCUT2D eigenvalue weighted by Gasteiger charge is -2.09. The number of halogens is 2. The molecule has 0 fully saturated rings. The van der Waals surface area contributed by atoms with Crippen LogP contribution in [-0.4, -0.2) is 25.5 Å². The Bertz CT molecular complexity index is 720. The molecule has 0 saturated heterocycles. The molecule has 0 aliphatic heterocycles. The van der Waals surface area contributed by atoms with Gasteiger partial charge in [-0.3, -0.25) is 4.79 Å². The predicted molar refractivity (Wildman–Crippen MR) is 89.0 cm³/mol. The molecule has 2 aromatic rings. The van der Waals surface area contributed by atoms with Crippen molar-refractivity contribution >= 4 is 39.2 Å². The first-order valence-electron chi connectivity index (χ1n) is 6.67. The number of esters is 1. The van der Waals surface area contributed by atoms with Crippen LogP contribution in [0.15, 0.2) is 46.9 Å². The fraction of sp³-hybridized carbons (Fsp3) is 0.125. The Kier molecular flexibility index (Phi) is 5.70. The molecule has 23 heavy (non-hydrogen) atoms. The minimum Gasteiger partial charge on any atom is -0.465 e. The van der Waals surface area contributed by atoms with Crippen molar-refractivity contribution in [2.75, 3.05) is 24.3 Å². The standard InChI is InChI=1S/C16H14BrFN2O3/c1-23-16(22)10-2-5-12(6-3-10)19-9-15(21)20-14-7-4-11(17)8-13(14)18/h2-8,19H,9H2,1H3,(H,20,21). The zero-order chi connectivity index (χ0) is 16.8. The maximum atomic E-state index is 13.6. The maximum absolute atomic E-state index is 13.6. The van der Waals surface area contributed by atoms with Gasteiger partial charge in [-0.2, -0.15) is 0 Å². The lowest BCUT2D eigenvalue weighted by Crippen LogP contribution is -2.22. The van der Waals surface area contributed by atoms with Gasteiger partial charge in [-0.1, -0.05) is 15.9 Å². The zero-order valence-corrected chi connectivity index (χ0v) is 13.8. The number of methoxy groups -OCH3 is 1. The van der Waals surface area contributed by atoms with E-state index < -0.39 is 11.8 Å². The fourth-order valence-corrected chi connectivity index (χ4v) is 2.14. The fourth-order valence-electron chi connectivity index (χ4n) is 1.81. The molecule has 0 bridgehead atoms. The molecule has 120 valence electrons. The third-order valence-corrected chi connectivity index (χ3v) is 3.46. The number of nitrogens with one attached hydrogen (secondary N) is 2. The van der Waals surface area contributed by atoms with Crippen molar-refractivity contribution in [2.24, 2.45) is 0 Å². The molecule has 0 aliphatic carbocycles. The summed E-state index contributed by atoms with van der Waals surface area (Å²) in [4.78, 5) is 23.1. The van der Waals surface area contributed by atoms with Gasteiger partial charge in [0, 0.05) is 10.2 Å². The van der Waals surface area contributed by atoms with E-state index in [0.717, 1.165) is 0 Å². The van der Waals surface area contributed by atoms with Gasteiger partial charge < -0.3 is 15.4 Å². The molecule has 0 unspecified atom stereocenters. The number of amides is 1. The number of hydrogen-bond acceptors (Lipinski definition) is 4. The van der Waals surface area contributed by atoms with Crippen molar-refractivity contribution in [2.45, 2.75) is 0 Å². The Morgan fingerprint density at radius 3 is 2.48 bits per heavy atom. The van der Waals surface area contributed by atoms with Gasteiger partial charge in [0.05, 0.1) is 24.9 Å². The highest BCUT2D eigenvalue weighted by atomic mass is 79.9. The summed E-state index contributed by atoms with van der Waals surface area (Å²) in [6, 6.07) is 10.9. The third-order valence-electron chi connectivity index (χ3n) is 2.96. The maximum Gasteiger partial charge on any atom is 0.337 e. The van der Waals surface area contributed by atoms with Crippen LogP contribution in [0.1, 0.15) is 10.4 Å². The van der Waals surface area contributed by atoms with Gasteiger partial charge in [-0.25, -0.2) is 9.18 Å². The van der Waals surface area contributed by atoms with Crippen LogP contribution in [0, 0.1) is 5.82 Å². The molecule has 0 spiro atoms. The molecule has 0 saturated carbocycles. The highest BCUT2D eigenvalue weighted by Crippen LogP contribution is 2.19. The van der Waals surface area contributed by atoms with E-state index >= 15 is 0 Å². The molecule has 0 aliphatic rings. The van der Waals surface area contributed by atoms with Gasteiger partial charge in [-0.05, 0) is 42.5 Å². The number of carbonyl (C=O) groups is 2. The summed E-state index contributed by atoms with van der Waals surface area (Å²) < 4.78 is 18.8. The van der Waals surface area contributed by atoms with E-state index in [-0.39, 0.29) is 18.1 Å². The molecule has 0 heterocycles. The molecular weight excluding hydrogens is 367 g/mol. The first kappa shape index (κ1) is 17.0. The SMILES string of the molecule is COC(=O)c1ccc(NCC(=O)Nc2ccc(Br)cc2F)cc1. The average molecular weight is 381 g/mol. The second-order valence-corrected chi connectivity index (χ2v) is 5.51. The second kappa shape index (κ2) is 7.73. The molecule has 2 aromatic carbocycles. The number of benzene rings is 2. The van der Waals surface area contributed by atoms with E-state index in [4.69, 9.17) is 0 Å². The van der Waals surface area contributed by atoms with E-state index in [0.29, 0.717) is 15.7 Å². The summed E-state index contributed by atoms with van der Waals surface area (Å²) in [7, 11) is 1.31. The Labute approximate surface area is 141 Å². The molecule has 1 amide bonds. The van der Waals surface area contributed by atoms with Crippen LogP contribution >= 0.6 is 15.9 Å². The van der Waals surface area contributed by atoms with Gasteiger partial charge in [0.2, 0.25) is 5.91 Å². The summed E-state index contributed by atoms with van der Waals surface area (Å²) in [5, 5.41) is 5.36. The van der Waals surface area contributed by atoms with Gasteiger partial charge in [-0.15, -0.1) is 0 Å². The molecule has 2 N–H and O–H groups in total. The van der Waals surface area contributed by atoms with Crippen LogP contribution in [-0.2, 0) is 9.53 Å². The van der Waals surface area contributed by atoms with Gasteiger partial charge >= 0.3 is 5.97 Å². The number of hydrogen-bond donors (Lipinski definition) is 2. The Morgan fingerprint density at radius 2 is 1.87 bits per heavy atom. The van der Waals surface area contributed by atoms with E-state index in [1.54, 1.807) is 30.3 Å².